The zero-order chi connectivity index (χ0) is 50.8. The quantitative estimate of drug-likeness (QED) is 0.0848. The molecular formula is C51H55N5O13Se2. The Kier molecular flexibility index (Phi) is 15.9. The summed E-state index contributed by atoms with van der Waals surface area (Å²) in [5, 5.41) is 19.4. The number of aliphatic hydroxyl groups excluding tert-OH is 1. The van der Waals surface area contributed by atoms with Crippen LogP contribution >= 0.6 is 0 Å². The van der Waals surface area contributed by atoms with Crippen LogP contribution in [0.4, 0.5) is 9.59 Å². The Morgan fingerprint density at radius 3 is 1.35 bits per heavy atom. The molecule has 374 valence electrons. The van der Waals surface area contributed by atoms with Gasteiger partial charge in [0.25, 0.3) is 0 Å². The smallest absolute Gasteiger partial charge is 0.0540 e. The van der Waals surface area contributed by atoms with Gasteiger partial charge in [-0.1, -0.05) is 29.5 Å². The minimum absolute atomic E-state index is 0.0359. The van der Waals surface area contributed by atoms with Gasteiger partial charge in [0, 0.05) is 0 Å². The van der Waals surface area contributed by atoms with Gasteiger partial charge in [-0.05, 0) is 40.5 Å². The number of nitrogens with one attached hydrogen (secondary N) is 1. The minimum atomic E-state index is -0.902. The van der Waals surface area contributed by atoms with E-state index in [1.165, 1.54) is 29.1 Å². The van der Waals surface area contributed by atoms with Crippen LogP contribution in [0.15, 0.2) is 34.5 Å². The summed E-state index contributed by atoms with van der Waals surface area (Å²) in [7, 11) is 0. The number of azo groups is 1. The summed E-state index contributed by atoms with van der Waals surface area (Å²) < 4.78 is 11.4. The van der Waals surface area contributed by atoms with E-state index in [1.807, 2.05) is 0 Å². The van der Waals surface area contributed by atoms with E-state index in [0.717, 1.165) is 77.0 Å². The van der Waals surface area contributed by atoms with Crippen LogP contribution in [0.25, 0.3) is 21.5 Å². The zero-order valence-electron chi connectivity index (χ0n) is 40.0. The third-order valence-electron chi connectivity index (χ3n) is 13.3. The molecule has 4 aliphatic carbocycles. The molecule has 0 spiro atoms. The Labute approximate surface area is 420 Å². The van der Waals surface area contributed by atoms with Crippen LogP contribution in [0.3, 0.4) is 0 Å². The van der Waals surface area contributed by atoms with Gasteiger partial charge in [-0.3, -0.25) is 0 Å². The number of aliphatic hydroxyl groups is 1. The van der Waals surface area contributed by atoms with Crippen molar-refractivity contribution in [2.75, 3.05) is 0 Å². The number of ketones is 2. The third-order valence-corrected chi connectivity index (χ3v) is 18.4. The second-order valence-electron chi connectivity index (χ2n) is 19.0. The van der Waals surface area contributed by atoms with E-state index in [9.17, 15) is 47.9 Å². The molecule has 20 heteroatoms. The monoisotopic (exact) mass is 1110 g/mol. The van der Waals surface area contributed by atoms with Crippen molar-refractivity contribution in [3.63, 3.8) is 0 Å². The maximum atomic E-state index is 13.5. The number of hydrogen-bond donors (Lipinski definition) is 2. The van der Waals surface area contributed by atoms with E-state index >= 15 is 0 Å². The molecule has 18 nitrogen and oxygen atoms in total. The van der Waals surface area contributed by atoms with Gasteiger partial charge in [0.05, 0.1) is 18.3 Å². The van der Waals surface area contributed by atoms with Gasteiger partial charge in [-0.2, -0.15) is 0 Å². The summed E-state index contributed by atoms with van der Waals surface area (Å²) in [6, 6.07) is 6.45. The van der Waals surface area contributed by atoms with Gasteiger partial charge in [0.2, 0.25) is 0 Å². The first-order valence-electron chi connectivity index (χ1n) is 24.3. The normalized spacial score (nSPS) is 19.1. The summed E-state index contributed by atoms with van der Waals surface area (Å²) >= 11 is -0.904. The van der Waals surface area contributed by atoms with Gasteiger partial charge >= 0.3 is 310 Å². The number of nitrogens with zero attached hydrogens (tertiary/aromatic N) is 4. The van der Waals surface area contributed by atoms with E-state index in [4.69, 9.17) is 5.11 Å². The number of amides is 8. The first-order chi connectivity index (χ1) is 34.0. The summed E-state index contributed by atoms with van der Waals surface area (Å²) in [5.41, 5.74) is 1.82. The van der Waals surface area contributed by atoms with Crippen LogP contribution in [-0.4, -0.2) is 134 Å². The summed E-state index contributed by atoms with van der Waals surface area (Å²) in [4.78, 5) is 126. The van der Waals surface area contributed by atoms with Crippen LogP contribution in [0, 0.1) is 0 Å². The molecule has 8 amide bonds. The van der Waals surface area contributed by atoms with Crippen LogP contribution in [0.2, 0.25) is 0 Å². The van der Waals surface area contributed by atoms with Crippen molar-refractivity contribution < 1.29 is 62.5 Å². The average Bonchev–Trinajstić information content (AvgIpc) is 3.95. The Hall–Kier alpha value is -5.78. The van der Waals surface area contributed by atoms with Crippen molar-refractivity contribution in [3.8, 4) is 0 Å². The second kappa shape index (κ2) is 21.9. The van der Waals surface area contributed by atoms with Crippen molar-refractivity contribution >= 4 is 110 Å². The average molecular weight is 1100 g/mol. The second-order valence-corrected chi connectivity index (χ2v) is 23.3. The molecule has 3 saturated carbocycles. The molecule has 11 rings (SSSR count). The molecule has 0 radical (unpaired) electrons. The molecule has 3 aliphatic heterocycles. The van der Waals surface area contributed by atoms with Crippen molar-refractivity contribution in [1.82, 2.24) is 15.1 Å². The van der Waals surface area contributed by atoms with E-state index in [1.54, 1.807) is 52.0 Å². The topological polar surface area (TPSA) is 253 Å². The van der Waals surface area contributed by atoms with Crippen LogP contribution in [-0.2, 0) is 9.47 Å². The van der Waals surface area contributed by atoms with Crippen molar-refractivity contribution in [1.29, 1.82) is 0 Å². The Bertz CT molecular complexity index is 2730. The predicted octanol–water partition coefficient (Wildman–Crippen LogP) is 8.14. The maximum Gasteiger partial charge on any atom is 0.0540 e. The summed E-state index contributed by atoms with van der Waals surface area (Å²) in [5.74, 6) is -2.33. The number of carbonyl (C=O) groups is 10. The first-order valence-corrected chi connectivity index (χ1v) is 27.8. The third kappa shape index (κ3) is 10.6. The van der Waals surface area contributed by atoms with Gasteiger partial charge in [-0.15, -0.1) is 0 Å². The number of benzene rings is 2. The first kappa shape index (κ1) is 51.6. The molecule has 2 N–H and O–H groups in total. The standard InChI is InChI=1S/C24H24N2O4Se.C13H5NO4Se.C8H14N2O4.C6H12O/c27-21-15-11-12-16-18-17(15)19(23(29)25(21)13-7-3-1-4-8-13)31-20(18)24(30)26(22(16)28)14-9-5-2-6-10-14;15-6-3-7(16)10-8-4(6)1-2-5-9(8)11(19-10)13(18)14-12(5)17;1-5(2)13-7(11)9-10-8(12)14-6(3)4;7-6-4-2-1-3-5-6/h11-14H,1-10H2;1-2H,3H2,(H,14,17,18);5-6H,1-4H3;6-7H,1-5H2. The number of Topliss-reactive ketones (excluding diaryl/α,β-unsaturated/α-hetero) is 2. The van der Waals surface area contributed by atoms with E-state index in [0.29, 0.717) is 61.5 Å². The largest absolute Gasteiger partial charge is 0.393 e. The maximum absolute atomic E-state index is 13.5. The molecule has 71 heavy (non-hydrogen) atoms. The van der Waals surface area contributed by atoms with Crippen LogP contribution in [0.5, 0.6) is 0 Å². The molecule has 5 heterocycles. The van der Waals surface area contributed by atoms with Gasteiger partial charge in [0.15, 0.2) is 0 Å². The molecule has 7 aliphatic rings. The van der Waals surface area contributed by atoms with Crippen molar-refractivity contribution in [2.45, 2.75) is 161 Å². The number of rotatable bonds is 4. The molecule has 4 aromatic rings. The number of carbonyl (C=O) groups excluding carboxylic acids is 10. The molecule has 0 unspecified atom stereocenters. The number of hydrogen-bond acceptors (Lipinski definition) is 13. The van der Waals surface area contributed by atoms with Gasteiger partial charge in [-0.25, -0.2) is 9.59 Å². The van der Waals surface area contributed by atoms with Crippen LogP contribution < -0.4 is 5.32 Å². The predicted molar refractivity (Wildman–Crippen MR) is 259 cm³/mol. The van der Waals surface area contributed by atoms with Crippen LogP contribution in [0.1, 0.15) is 209 Å². The van der Waals surface area contributed by atoms with Crippen molar-refractivity contribution in [3.05, 3.63) is 64.3 Å². The Balaban J connectivity index is 0.000000144. The summed E-state index contributed by atoms with van der Waals surface area (Å²) in [6.07, 6.45) is 13.2. The summed E-state index contributed by atoms with van der Waals surface area (Å²) in [6.45, 7) is 6.67. The minimum Gasteiger partial charge on any atom is -0.393 e. The molecule has 0 bridgehead atoms. The Morgan fingerprint density at radius 2 is 0.915 bits per heavy atom. The van der Waals surface area contributed by atoms with E-state index in [2.05, 4.69) is 25.0 Å². The Morgan fingerprint density at radius 1 is 0.521 bits per heavy atom. The van der Waals surface area contributed by atoms with Gasteiger partial charge in [0.1, 0.15) is 0 Å². The molecule has 3 fully saturated rings. The van der Waals surface area contributed by atoms with Gasteiger partial charge < -0.3 is 14.6 Å². The fourth-order valence-electron chi connectivity index (χ4n) is 10.2. The molecule has 0 atom stereocenters. The van der Waals surface area contributed by atoms with Crippen molar-refractivity contribution in [2.24, 2.45) is 10.2 Å². The van der Waals surface area contributed by atoms with E-state index in [-0.39, 0.29) is 72.0 Å². The zero-order valence-corrected chi connectivity index (χ0v) is 43.4. The fraction of sp³-hybridized carbons (Fsp3) is 0.490. The number of ether oxygens (including phenoxy) is 2. The van der Waals surface area contributed by atoms with E-state index < -0.39 is 53.0 Å². The SMILES string of the molecule is CC(C)OC(=O)N=NC(=O)OC(C)C.O=C1CC(=O)c2[se]c3c4c(ccc1c24)C(=O)NC3=O.O=C1c2ccc3c4c([se]c(c24)C(=O)N1C1CCCCC1)C(=O)N(C1CCCCC1)C3=O.OC1CCCCC1. The molecule has 0 saturated heterocycles. The molecular weight excluding hydrogens is 1050 g/mol. The molecule has 2 aromatic carbocycles. The molecule has 2 aromatic heterocycles. The fourth-order valence-corrected chi connectivity index (χ4v) is 15.1. The number of imide groups is 3.